The number of alkyl halides is 3. The van der Waals surface area contributed by atoms with E-state index in [0.717, 1.165) is 10.9 Å². The van der Waals surface area contributed by atoms with Crippen molar-refractivity contribution in [2.24, 2.45) is 0 Å². The number of halogens is 3. The molecule has 0 aliphatic rings. The van der Waals surface area contributed by atoms with Gasteiger partial charge in [0.25, 0.3) is 0 Å². The number of aromatic nitrogens is 1. The molecule has 0 bridgehead atoms. The van der Waals surface area contributed by atoms with Gasteiger partial charge in [-0.15, -0.1) is 11.3 Å². The molecule has 0 fully saturated rings. The molecular weight excluding hydrogens is 235 g/mol. The third-order valence-electron chi connectivity index (χ3n) is 2.23. The van der Waals surface area contributed by atoms with Crippen molar-refractivity contribution in [2.45, 2.75) is 13.1 Å². The topological polar surface area (TPSA) is 12.9 Å². The standard InChI is InChI=1S/C11H8F3NS/c1-7-10(15-6-16-7)8-4-2-3-5-9(8)11(12,13)14/h2-6H,1H3. The second-order valence-corrected chi connectivity index (χ2v) is 4.36. The number of benzene rings is 1. The Morgan fingerprint density at radius 1 is 1.19 bits per heavy atom. The zero-order chi connectivity index (χ0) is 11.8. The first-order chi connectivity index (χ1) is 7.50. The van der Waals surface area contributed by atoms with Gasteiger partial charge in [0.15, 0.2) is 0 Å². The van der Waals surface area contributed by atoms with Crippen LogP contribution < -0.4 is 0 Å². The number of nitrogens with zero attached hydrogens (tertiary/aromatic N) is 1. The molecule has 5 heteroatoms. The van der Waals surface area contributed by atoms with Crippen LogP contribution in [0.1, 0.15) is 10.4 Å². The van der Waals surface area contributed by atoms with E-state index in [1.807, 2.05) is 0 Å². The summed E-state index contributed by atoms with van der Waals surface area (Å²) in [6.45, 7) is 1.76. The normalized spacial score (nSPS) is 11.8. The highest BCUT2D eigenvalue weighted by Crippen LogP contribution is 2.37. The quantitative estimate of drug-likeness (QED) is 0.733. The Kier molecular flexibility index (Phi) is 2.71. The smallest absolute Gasteiger partial charge is 0.244 e. The SMILES string of the molecule is Cc1scnc1-c1ccccc1C(F)(F)F. The van der Waals surface area contributed by atoms with Gasteiger partial charge >= 0.3 is 6.18 Å². The lowest BCUT2D eigenvalue weighted by atomic mass is 10.0. The fourth-order valence-electron chi connectivity index (χ4n) is 1.50. The van der Waals surface area contributed by atoms with Gasteiger partial charge in [-0.2, -0.15) is 13.2 Å². The van der Waals surface area contributed by atoms with Crippen LogP contribution in [0.25, 0.3) is 11.3 Å². The number of hydrogen-bond acceptors (Lipinski definition) is 2. The zero-order valence-corrected chi connectivity index (χ0v) is 9.19. The lowest BCUT2D eigenvalue weighted by Crippen LogP contribution is -2.07. The van der Waals surface area contributed by atoms with Crippen molar-refractivity contribution in [3.05, 3.63) is 40.2 Å². The van der Waals surface area contributed by atoms with Crippen LogP contribution >= 0.6 is 11.3 Å². The molecule has 16 heavy (non-hydrogen) atoms. The maximum absolute atomic E-state index is 12.7. The fourth-order valence-corrected chi connectivity index (χ4v) is 2.09. The molecule has 0 spiro atoms. The zero-order valence-electron chi connectivity index (χ0n) is 8.38. The van der Waals surface area contributed by atoms with Gasteiger partial charge < -0.3 is 0 Å². The molecule has 1 aromatic carbocycles. The Morgan fingerprint density at radius 3 is 2.44 bits per heavy atom. The van der Waals surface area contributed by atoms with Gasteiger partial charge in [0.2, 0.25) is 0 Å². The number of aryl methyl sites for hydroxylation is 1. The summed E-state index contributed by atoms with van der Waals surface area (Å²) >= 11 is 1.34. The predicted octanol–water partition coefficient (Wildman–Crippen LogP) is 4.14. The average molecular weight is 243 g/mol. The molecule has 1 aromatic heterocycles. The molecule has 1 heterocycles. The molecule has 0 atom stereocenters. The fraction of sp³-hybridized carbons (Fsp3) is 0.182. The molecule has 0 radical (unpaired) electrons. The molecule has 0 N–H and O–H groups in total. The van der Waals surface area contributed by atoms with Crippen molar-refractivity contribution in [3.63, 3.8) is 0 Å². The highest BCUT2D eigenvalue weighted by Gasteiger charge is 2.33. The lowest BCUT2D eigenvalue weighted by molar-refractivity contribution is -0.137. The van der Waals surface area contributed by atoms with Gasteiger partial charge in [0.05, 0.1) is 16.8 Å². The highest BCUT2D eigenvalue weighted by atomic mass is 32.1. The van der Waals surface area contributed by atoms with E-state index in [4.69, 9.17) is 0 Å². The minimum atomic E-state index is -4.34. The lowest BCUT2D eigenvalue weighted by Gasteiger charge is -2.11. The Morgan fingerprint density at radius 2 is 1.88 bits per heavy atom. The summed E-state index contributed by atoms with van der Waals surface area (Å²) in [5.74, 6) is 0. The second-order valence-electron chi connectivity index (χ2n) is 3.30. The van der Waals surface area contributed by atoms with Gasteiger partial charge in [-0.3, -0.25) is 0 Å². The Labute approximate surface area is 94.6 Å². The number of thiazole rings is 1. The number of rotatable bonds is 1. The molecule has 84 valence electrons. The summed E-state index contributed by atoms with van der Waals surface area (Å²) in [7, 11) is 0. The van der Waals surface area contributed by atoms with Crippen LogP contribution in [0.2, 0.25) is 0 Å². The molecule has 0 amide bonds. The summed E-state index contributed by atoms with van der Waals surface area (Å²) in [6, 6.07) is 5.50. The third kappa shape index (κ3) is 1.95. The van der Waals surface area contributed by atoms with E-state index >= 15 is 0 Å². The van der Waals surface area contributed by atoms with Gasteiger partial charge in [-0.25, -0.2) is 4.98 Å². The summed E-state index contributed by atoms with van der Waals surface area (Å²) < 4.78 is 38.2. The molecule has 0 aliphatic heterocycles. The minimum Gasteiger partial charge on any atom is -0.244 e. The van der Waals surface area contributed by atoms with Crippen LogP contribution in [-0.2, 0) is 6.18 Å². The summed E-state index contributed by atoms with van der Waals surface area (Å²) in [4.78, 5) is 4.77. The van der Waals surface area contributed by atoms with Gasteiger partial charge in [-0.05, 0) is 13.0 Å². The molecule has 0 unspecified atom stereocenters. The van der Waals surface area contributed by atoms with Crippen molar-refractivity contribution >= 4 is 11.3 Å². The van der Waals surface area contributed by atoms with Gasteiger partial charge in [0, 0.05) is 10.4 Å². The van der Waals surface area contributed by atoms with Crippen molar-refractivity contribution < 1.29 is 13.2 Å². The first-order valence-electron chi connectivity index (χ1n) is 4.57. The first-order valence-corrected chi connectivity index (χ1v) is 5.45. The van der Waals surface area contributed by atoms with E-state index in [-0.39, 0.29) is 5.56 Å². The van der Waals surface area contributed by atoms with Crippen molar-refractivity contribution in [1.82, 2.24) is 4.98 Å². The monoisotopic (exact) mass is 243 g/mol. The van der Waals surface area contributed by atoms with Gasteiger partial charge in [-0.1, -0.05) is 18.2 Å². The Hall–Kier alpha value is -1.36. The summed E-state index contributed by atoms with van der Waals surface area (Å²) in [5, 5.41) is 0. The second kappa shape index (κ2) is 3.90. The van der Waals surface area contributed by atoms with Crippen LogP contribution in [0.3, 0.4) is 0 Å². The van der Waals surface area contributed by atoms with Crippen molar-refractivity contribution in [2.75, 3.05) is 0 Å². The maximum Gasteiger partial charge on any atom is 0.417 e. The van der Waals surface area contributed by atoms with E-state index in [0.29, 0.717) is 5.69 Å². The van der Waals surface area contributed by atoms with Crippen LogP contribution in [0.4, 0.5) is 13.2 Å². The minimum absolute atomic E-state index is 0.147. The van der Waals surface area contributed by atoms with Crippen LogP contribution in [0.5, 0.6) is 0 Å². The van der Waals surface area contributed by atoms with Crippen LogP contribution in [0.15, 0.2) is 29.8 Å². The molecular formula is C11H8F3NS. The average Bonchev–Trinajstić information content (AvgIpc) is 2.63. The molecule has 2 rings (SSSR count). The van der Waals surface area contributed by atoms with E-state index in [9.17, 15) is 13.2 Å². The van der Waals surface area contributed by atoms with E-state index in [1.165, 1.54) is 23.5 Å². The van der Waals surface area contributed by atoms with Crippen molar-refractivity contribution in [1.29, 1.82) is 0 Å². The predicted molar refractivity (Wildman–Crippen MR) is 57.3 cm³/mol. The Bertz CT molecular complexity index is 502. The Balaban J connectivity index is 2.62. The highest BCUT2D eigenvalue weighted by molar-refractivity contribution is 7.10. The first kappa shape index (κ1) is 11.1. The van der Waals surface area contributed by atoms with Crippen molar-refractivity contribution in [3.8, 4) is 11.3 Å². The van der Waals surface area contributed by atoms with Gasteiger partial charge in [0.1, 0.15) is 0 Å². The summed E-state index contributed by atoms with van der Waals surface area (Å²) in [6.07, 6.45) is -4.34. The largest absolute Gasteiger partial charge is 0.417 e. The molecule has 0 aliphatic carbocycles. The van der Waals surface area contributed by atoms with Crippen LogP contribution in [-0.4, -0.2) is 4.98 Å². The molecule has 0 saturated carbocycles. The van der Waals surface area contributed by atoms with E-state index < -0.39 is 11.7 Å². The van der Waals surface area contributed by atoms with Crippen LogP contribution in [0, 0.1) is 6.92 Å². The molecule has 1 nitrogen and oxygen atoms in total. The van der Waals surface area contributed by atoms with E-state index in [2.05, 4.69) is 4.98 Å². The number of hydrogen-bond donors (Lipinski definition) is 0. The third-order valence-corrected chi connectivity index (χ3v) is 2.99. The molecule has 2 aromatic rings. The van der Waals surface area contributed by atoms with E-state index in [1.54, 1.807) is 18.5 Å². The molecule has 0 saturated heterocycles. The maximum atomic E-state index is 12.7. The summed E-state index contributed by atoms with van der Waals surface area (Å²) in [5.41, 5.74) is 1.48.